The maximum Gasteiger partial charge on any atom is 0.274 e. The van der Waals surface area contributed by atoms with Gasteiger partial charge < -0.3 is 0 Å². The van der Waals surface area contributed by atoms with Crippen LogP contribution in [0.4, 0.5) is 0 Å². The van der Waals surface area contributed by atoms with Crippen LogP contribution in [-0.2, 0) is 0 Å². The SMILES string of the molecule is C[C@@H]1C/C(=C\c2cccs2)C2=NN(C(=O)c3ccncc3)[C@H](c3cccs3)[C@@H]2C1. The fraction of sp³-hybridized carbons (Fsp3) is 0.261. The van der Waals surface area contributed by atoms with Gasteiger partial charge in [-0.2, -0.15) is 5.10 Å². The van der Waals surface area contributed by atoms with E-state index in [2.05, 4.69) is 53.0 Å². The topological polar surface area (TPSA) is 45.6 Å². The molecule has 0 aromatic carbocycles. The van der Waals surface area contributed by atoms with Gasteiger partial charge in [0.15, 0.2) is 0 Å². The molecule has 0 saturated heterocycles. The average molecular weight is 420 g/mol. The highest BCUT2D eigenvalue weighted by molar-refractivity contribution is 7.11. The van der Waals surface area contributed by atoms with Crippen molar-refractivity contribution in [1.29, 1.82) is 0 Å². The predicted octanol–water partition coefficient (Wildman–Crippen LogP) is 5.89. The second-order valence-corrected chi connectivity index (χ2v) is 9.63. The Morgan fingerprint density at radius 2 is 1.93 bits per heavy atom. The van der Waals surface area contributed by atoms with E-state index in [0.29, 0.717) is 11.5 Å². The lowest BCUT2D eigenvalue weighted by Gasteiger charge is -2.31. The van der Waals surface area contributed by atoms with Crippen LogP contribution < -0.4 is 0 Å². The molecule has 3 atom stereocenters. The summed E-state index contributed by atoms with van der Waals surface area (Å²) in [5.74, 6) is 0.730. The molecule has 5 rings (SSSR count). The number of thiophene rings is 2. The molecule has 4 nitrogen and oxygen atoms in total. The standard InChI is InChI=1S/C23H21N3OS2/c1-15-12-17(14-18-4-2-10-28-18)21-19(13-15)22(20-5-3-11-29-20)26(25-21)23(27)16-6-8-24-9-7-16/h2-11,14-15,19,22H,12-13H2,1H3/b17-14+/t15-,19-,22+/m1/s1. The minimum absolute atomic E-state index is 0.0415. The molecule has 0 bridgehead atoms. The van der Waals surface area contributed by atoms with Crippen molar-refractivity contribution < 1.29 is 4.79 Å². The molecule has 146 valence electrons. The van der Waals surface area contributed by atoms with Crippen molar-refractivity contribution in [2.75, 3.05) is 0 Å². The van der Waals surface area contributed by atoms with Crippen molar-refractivity contribution in [3.63, 3.8) is 0 Å². The summed E-state index contributed by atoms with van der Waals surface area (Å²) in [7, 11) is 0. The first-order chi connectivity index (χ1) is 14.2. The van der Waals surface area contributed by atoms with E-state index >= 15 is 0 Å². The molecule has 3 aromatic rings. The van der Waals surface area contributed by atoms with Crippen LogP contribution in [-0.4, -0.2) is 21.6 Å². The third kappa shape index (κ3) is 3.47. The van der Waals surface area contributed by atoms with E-state index in [4.69, 9.17) is 5.10 Å². The monoisotopic (exact) mass is 419 g/mol. The number of fused-ring (bicyclic) bond motifs is 1. The first kappa shape index (κ1) is 18.5. The van der Waals surface area contributed by atoms with E-state index in [1.807, 2.05) is 0 Å². The Bertz CT molecular complexity index is 1060. The van der Waals surface area contributed by atoms with Gasteiger partial charge in [-0.25, -0.2) is 5.01 Å². The van der Waals surface area contributed by atoms with Crippen molar-refractivity contribution in [3.05, 3.63) is 80.4 Å². The van der Waals surface area contributed by atoms with E-state index in [1.54, 1.807) is 52.2 Å². The second-order valence-electron chi connectivity index (χ2n) is 7.67. The third-order valence-corrected chi connectivity index (χ3v) is 7.36. The molecule has 1 aliphatic heterocycles. The van der Waals surface area contributed by atoms with E-state index < -0.39 is 0 Å². The van der Waals surface area contributed by atoms with Crippen LogP contribution in [0, 0.1) is 11.8 Å². The summed E-state index contributed by atoms with van der Waals surface area (Å²) in [6.07, 6.45) is 7.63. The van der Waals surface area contributed by atoms with Crippen LogP contribution in [0.1, 0.15) is 45.9 Å². The lowest BCUT2D eigenvalue weighted by atomic mass is 9.74. The fourth-order valence-corrected chi connectivity index (χ4v) is 5.92. The number of carbonyl (C=O) groups excluding carboxylic acids is 1. The lowest BCUT2D eigenvalue weighted by Crippen LogP contribution is -2.32. The molecule has 1 fully saturated rings. The largest absolute Gasteiger partial charge is 0.274 e. The van der Waals surface area contributed by atoms with Crippen molar-refractivity contribution in [3.8, 4) is 0 Å². The molecule has 0 N–H and O–H groups in total. The number of rotatable bonds is 3. The molecule has 3 aromatic heterocycles. The minimum Gasteiger partial charge on any atom is -0.267 e. The van der Waals surface area contributed by atoms with Gasteiger partial charge in [0.25, 0.3) is 5.91 Å². The number of hydrazone groups is 1. The molecule has 0 unspecified atom stereocenters. The molecular formula is C23H21N3OS2. The van der Waals surface area contributed by atoms with E-state index in [0.717, 1.165) is 18.6 Å². The van der Waals surface area contributed by atoms with Crippen LogP contribution in [0.5, 0.6) is 0 Å². The number of nitrogens with zero attached hydrogens (tertiary/aromatic N) is 3. The minimum atomic E-state index is -0.0594. The van der Waals surface area contributed by atoms with Gasteiger partial charge in [-0.15, -0.1) is 22.7 Å². The van der Waals surface area contributed by atoms with Crippen LogP contribution in [0.25, 0.3) is 6.08 Å². The third-order valence-electron chi connectivity index (χ3n) is 5.59. The van der Waals surface area contributed by atoms with E-state index in [-0.39, 0.29) is 17.9 Å². The van der Waals surface area contributed by atoms with Gasteiger partial charge in [-0.3, -0.25) is 9.78 Å². The quantitative estimate of drug-likeness (QED) is 0.531. The fourth-order valence-electron chi connectivity index (χ4n) is 4.37. The number of amides is 1. The molecule has 1 saturated carbocycles. The highest BCUT2D eigenvalue weighted by Gasteiger charge is 2.45. The Balaban J connectivity index is 1.59. The van der Waals surface area contributed by atoms with Crippen LogP contribution in [0.3, 0.4) is 0 Å². The van der Waals surface area contributed by atoms with Crippen molar-refractivity contribution in [1.82, 2.24) is 9.99 Å². The molecule has 6 heteroatoms. The van der Waals surface area contributed by atoms with Gasteiger partial charge in [-0.05, 0) is 65.4 Å². The summed E-state index contributed by atoms with van der Waals surface area (Å²) in [6, 6.07) is 11.9. The predicted molar refractivity (Wildman–Crippen MR) is 119 cm³/mol. The number of hydrogen-bond acceptors (Lipinski definition) is 5. The summed E-state index contributed by atoms with van der Waals surface area (Å²) >= 11 is 3.44. The summed E-state index contributed by atoms with van der Waals surface area (Å²) in [5.41, 5.74) is 2.97. The first-order valence-corrected chi connectivity index (χ1v) is 11.6. The van der Waals surface area contributed by atoms with Gasteiger partial charge in [0.1, 0.15) is 0 Å². The Kier molecular flexibility index (Phi) is 4.89. The molecule has 0 spiro atoms. The Morgan fingerprint density at radius 1 is 1.14 bits per heavy atom. The van der Waals surface area contributed by atoms with Gasteiger partial charge in [0, 0.05) is 33.6 Å². The molecule has 4 heterocycles. The van der Waals surface area contributed by atoms with Crippen LogP contribution >= 0.6 is 22.7 Å². The summed E-state index contributed by atoms with van der Waals surface area (Å²) in [5, 5.41) is 10.8. The van der Waals surface area contributed by atoms with Crippen molar-refractivity contribution in [2.24, 2.45) is 16.9 Å². The van der Waals surface area contributed by atoms with Crippen LogP contribution in [0.15, 0.2) is 70.2 Å². The average Bonchev–Trinajstić information content (AvgIpc) is 3.48. The number of allylic oxidation sites excluding steroid dienone is 1. The van der Waals surface area contributed by atoms with Crippen LogP contribution in [0.2, 0.25) is 0 Å². The summed E-state index contributed by atoms with van der Waals surface area (Å²) in [4.78, 5) is 19.9. The molecule has 1 amide bonds. The van der Waals surface area contributed by atoms with Gasteiger partial charge >= 0.3 is 0 Å². The highest BCUT2D eigenvalue weighted by atomic mass is 32.1. The molecule has 1 aliphatic carbocycles. The number of pyridine rings is 1. The Hall–Kier alpha value is -2.57. The number of carbonyl (C=O) groups is 1. The van der Waals surface area contributed by atoms with Crippen molar-refractivity contribution >= 4 is 40.4 Å². The number of hydrogen-bond donors (Lipinski definition) is 0. The lowest BCUT2D eigenvalue weighted by molar-refractivity contribution is 0.0680. The maximum absolute atomic E-state index is 13.4. The zero-order valence-corrected chi connectivity index (χ0v) is 17.7. The Morgan fingerprint density at radius 3 is 2.66 bits per heavy atom. The molecule has 0 radical (unpaired) electrons. The number of aromatic nitrogens is 1. The normalized spacial score (nSPS) is 25.1. The van der Waals surface area contributed by atoms with Gasteiger partial charge in [0.2, 0.25) is 0 Å². The summed E-state index contributed by atoms with van der Waals surface area (Å²) < 4.78 is 0. The van der Waals surface area contributed by atoms with Crippen molar-refractivity contribution in [2.45, 2.75) is 25.8 Å². The first-order valence-electron chi connectivity index (χ1n) is 9.80. The zero-order valence-electron chi connectivity index (χ0n) is 16.1. The zero-order chi connectivity index (χ0) is 19.8. The molecule has 29 heavy (non-hydrogen) atoms. The Labute approximate surface area is 178 Å². The highest BCUT2D eigenvalue weighted by Crippen LogP contribution is 2.47. The van der Waals surface area contributed by atoms with E-state index in [9.17, 15) is 4.79 Å². The van der Waals surface area contributed by atoms with E-state index in [1.165, 1.54) is 15.3 Å². The van der Waals surface area contributed by atoms with Gasteiger partial charge in [0.05, 0.1) is 11.8 Å². The second kappa shape index (κ2) is 7.69. The molecule has 2 aliphatic rings. The summed E-state index contributed by atoms with van der Waals surface area (Å²) in [6.45, 7) is 2.30. The smallest absolute Gasteiger partial charge is 0.267 e. The maximum atomic E-state index is 13.4. The van der Waals surface area contributed by atoms with Gasteiger partial charge in [-0.1, -0.05) is 19.1 Å². The molecular weight excluding hydrogens is 398 g/mol.